The lowest BCUT2D eigenvalue weighted by Crippen LogP contribution is -2.41. The van der Waals surface area contributed by atoms with Crippen LogP contribution in [0.25, 0.3) is 0 Å². The van der Waals surface area contributed by atoms with Crippen LogP contribution in [-0.2, 0) is 23.9 Å². The first-order valence-electron chi connectivity index (χ1n) is 13.8. The summed E-state index contributed by atoms with van der Waals surface area (Å²) in [6, 6.07) is -0.629. The molecule has 0 aliphatic heterocycles. The van der Waals surface area contributed by atoms with Crippen molar-refractivity contribution in [2.24, 2.45) is 0 Å². The number of nitrogens with zero attached hydrogens (tertiary/aromatic N) is 1. The highest BCUT2D eigenvalue weighted by Gasteiger charge is 2.21. The van der Waals surface area contributed by atoms with Gasteiger partial charge in [-0.1, -0.05) is 32.1 Å². The second-order valence-corrected chi connectivity index (χ2v) is 10.3. The van der Waals surface area contributed by atoms with Crippen LogP contribution in [0.5, 0.6) is 0 Å². The van der Waals surface area contributed by atoms with Crippen molar-refractivity contribution in [2.75, 3.05) is 40.3 Å². The van der Waals surface area contributed by atoms with Crippen molar-refractivity contribution < 1.29 is 33.5 Å². The first kappa shape index (κ1) is 33.8. The molecule has 36 heavy (non-hydrogen) atoms. The van der Waals surface area contributed by atoms with E-state index < -0.39 is 18.0 Å². The molecule has 9 nitrogen and oxygen atoms in total. The summed E-state index contributed by atoms with van der Waals surface area (Å²) >= 11 is 0. The molecule has 210 valence electrons. The summed E-state index contributed by atoms with van der Waals surface area (Å²) in [4.78, 5) is 46.1. The number of amides is 2. The molecule has 0 spiro atoms. The van der Waals surface area contributed by atoms with Gasteiger partial charge in [0.15, 0.2) is 0 Å². The number of hydrogen-bond donors (Lipinski definition) is 3. The van der Waals surface area contributed by atoms with Gasteiger partial charge in [-0.3, -0.25) is 14.4 Å². The van der Waals surface area contributed by atoms with E-state index in [0.29, 0.717) is 25.8 Å². The fourth-order valence-electron chi connectivity index (χ4n) is 4.15. The molecule has 0 aromatic rings. The smallest absolute Gasteiger partial charge is 0.328 e. The Hall–Kier alpha value is -2.16. The van der Waals surface area contributed by atoms with Gasteiger partial charge in [0.2, 0.25) is 11.8 Å². The number of unbranched alkanes of at least 4 members (excludes halogenated alkanes) is 8. The number of hydrogen-bond acceptors (Lipinski definition) is 5. The topological polar surface area (TPSA) is 122 Å². The molecule has 0 saturated heterocycles. The molecule has 0 rings (SSSR count). The summed E-state index contributed by atoms with van der Waals surface area (Å²) in [6.45, 7) is 6.04. The lowest BCUT2D eigenvalue weighted by molar-refractivity contribution is -0.890. The third kappa shape index (κ3) is 21.1. The third-order valence-electron chi connectivity index (χ3n) is 6.27. The van der Waals surface area contributed by atoms with Gasteiger partial charge in [-0.15, -0.1) is 0 Å². The molecule has 1 unspecified atom stereocenters. The van der Waals surface area contributed by atoms with Crippen LogP contribution < -0.4 is 10.6 Å². The minimum Gasteiger partial charge on any atom is -0.481 e. The molecule has 9 heteroatoms. The number of ether oxygens (including phenoxy) is 1. The van der Waals surface area contributed by atoms with Crippen molar-refractivity contribution in [1.82, 2.24) is 10.6 Å². The van der Waals surface area contributed by atoms with Crippen LogP contribution in [-0.4, -0.2) is 79.7 Å². The molecule has 0 aromatic carbocycles. The molecule has 2 amide bonds. The second-order valence-electron chi connectivity index (χ2n) is 10.3. The van der Waals surface area contributed by atoms with Crippen LogP contribution in [0.3, 0.4) is 0 Å². The predicted octanol–water partition coefficient (Wildman–Crippen LogP) is 3.79. The number of aliphatic carboxylic acids is 1. The standard InChI is InChI=1S/C27H51N3O6/c1-5-36-27(35)24(17-13-14-20-28-23(2)31)29-25(32)18-12-10-8-6-7-9-11-15-21-30(3,4)22-16-19-26(33)34/h24H,5-22H2,1-4H3,(H2-,28,29,31,32,33,34)/p+1. The number of carboxylic acid groups (broad SMARTS) is 1. The van der Waals surface area contributed by atoms with Gasteiger partial charge in [0.1, 0.15) is 6.04 Å². The normalized spacial score (nSPS) is 12.1. The van der Waals surface area contributed by atoms with E-state index >= 15 is 0 Å². The Morgan fingerprint density at radius 3 is 1.97 bits per heavy atom. The van der Waals surface area contributed by atoms with E-state index in [2.05, 4.69) is 24.7 Å². The summed E-state index contributed by atoms with van der Waals surface area (Å²) < 4.78 is 5.97. The number of nitrogens with one attached hydrogen (secondary N) is 2. The van der Waals surface area contributed by atoms with Crippen LogP contribution >= 0.6 is 0 Å². The van der Waals surface area contributed by atoms with Gasteiger partial charge in [-0.05, 0) is 45.4 Å². The van der Waals surface area contributed by atoms with Crippen molar-refractivity contribution in [3.63, 3.8) is 0 Å². The largest absolute Gasteiger partial charge is 0.481 e. The molecular weight excluding hydrogens is 462 g/mol. The summed E-state index contributed by atoms with van der Waals surface area (Å²) in [7, 11) is 4.34. The number of carboxylic acids is 1. The van der Waals surface area contributed by atoms with Crippen molar-refractivity contribution in [2.45, 2.75) is 110 Å². The van der Waals surface area contributed by atoms with E-state index in [1.54, 1.807) is 6.92 Å². The second kappa shape index (κ2) is 21.0. The molecule has 0 fully saturated rings. The van der Waals surface area contributed by atoms with Crippen LogP contribution in [0.15, 0.2) is 0 Å². The lowest BCUT2D eigenvalue weighted by atomic mass is 10.1. The van der Waals surface area contributed by atoms with Crippen LogP contribution in [0, 0.1) is 0 Å². The van der Waals surface area contributed by atoms with Gasteiger partial charge >= 0.3 is 11.9 Å². The predicted molar refractivity (Wildman–Crippen MR) is 141 cm³/mol. The van der Waals surface area contributed by atoms with Crippen molar-refractivity contribution in [3.05, 3.63) is 0 Å². The molecule has 0 aliphatic carbocycles. The maximum Gasteiger partial charge on any atom is 0.328 e. The van der Waals surface area contributed by atoms with Crippen molar-refractivity contribution in [1.29, 1.82) is 0 Å². The van der Waals surface area contributed by atoms with Crippen LogP contribution in [0.2, 0.25) is 0 Å². The van der Waals surface area contributed by atoms with Crippen molar-refractivity contribution >= 4 is 23.8 Å². The summed E-state index contributed by atoms with van der Waals surface area (Å²) in [5, 5.41) is 14.3. The monoisotopic (exact) mass is 514 g/mol. The maximum atomic E-state index is 12.3. The van der Waals surface area contributed by atoms with Gasteiger partial charge in [0.05, 0.1) is 40.2 Å². The van der Waals surface area contributed by atoms with Gasteiger partial charge < -0.3 is 25.0 Å². The average molecular weight is 515 g/mol. The first-order valence-corrected chi connectivity index (χ1v) is 13.8. The molecule has 0 aliphatic rings. The zero-order chi connectivity index (χ0) is 27.2. The highest BCUT2D eigenvalue weighted by atomic mass is 16.5. The number of esters is 1. The van der Waals surface area contributed by atoms with E-state index in [4.69, 9.17) is 9.84 Å². The number of quaternary nitrogens is 1. The van der Waals surface area contributed by atoms with Gasteiger partial charge in [0, 0.05) is 26.3 Å². The van der Waals surface area contributed by atoms with E-state index in [0.717, 1.165) is 62.5 Å². The van der Waals surface area contributed by atoms with Gasteiger partial charge in [-0.25, -0.2) is 4.79 Å². The Kier molecular flexibility index (Phi) is 19.7. The van der Waals surface area contributed by atoms with Gasteiger partial charge in [-0.2, -0.15) is 0 Å². The summed E-state index contributed by atoms with van der Waals surface area (Å²) in [6.07, 6.45) is 12.2. The third-order valence-corrected chi connectivity index (χ3v) is 6.27. The van der Waals surface area contributed by atoms with Crippen molar-refractivity contribution in [3.8, 4) is 0 Å². The van der Waals surface area contributed by atoms with Gasteiger partial charge in [0.25, 0.3) is 0 Å². The highest BCUT2D eigenvalue weighted by molar-refractivity contribution is 5.84. The van der Waals surface area contributed by atoms with E-state index in [1.807, 2.05) is 0 Å². The molecule has 0 bridgehead atoms. The van der Waals surface area contributed by atoms with Crippen LogP contribution in [0.1, 0.15) is 104 Å². The number of rotatable bonds is 23. The molecule has 0 radical (unpaired) electrons. The minimum atomic E-state index is -0.719. The Bertz CT molecular complexity index is 639. The average Bonchev–Trinajstić information content (AvgIpc) is 2.78. The first-order chi connectivity index (χ1) is 17.1. The SMILES string of the molecule is CCOC(=O)C(CCCCNC(C)=O)NC(=O)CCCCCCCCCC[N+](C)(C)CCCC(=O)O. The van der Waals surface area contributed by atoms with E-state index in [-0.39, 0.29) is 24.8 Å². The van der Waals surface area contributed by atoms with E-state index in [9.17, 15) is 19.2 Å². The van der Waals surface area contributed by atoms with E-state index in [1.165, 1.54) is 26.2 Å². The fraction of sp³-hybridized carbons (Fsp3) is 0.852. The molecule has 0 aromatic heterocycles. The molecule has 0 saturated carbocycles. The Labute approximate surface area is 218 Å². The molecule has 1 atom stereocenters. The maximum absolute atomic E-state index is 12.3. The lowest BCUT2D eigenvalue weighted by Gasteiger charge is -2.29. The number of carbonyl (C=O) groups is 4. The zero-order valence-corrected chi connectivity index (χ0v) is 23.2. The zero-order valence-electron chi connectivity index (χ0n) is 23.2. The number of carbonyl (C=O) groups excluding carboxylic acids is 3. The molecular formula is C27H52N3O6+. The van der Waals surface area contributed by atoms with Crippen LogP contribution in [0.4, 0.5) is 0 Å². The molecule has 0 heterocycles. The summed E-state index contributed by atoms with van der Waals surface area (Å²) in [5.74, 6) is -1.30. The summed E-state index contributed by atoms with van der Waals surface area (Å²) in [5.41, 5.74) is 0. The minimum absolute atomic E-state index is 0.0738. The Balaban J connectivity index is 3.89. The Morgan fingerprint density at radius 1 is 0.806 bits per heavy atom. The highest BCUT2D eigenvalue weighted by Crippen LogP contribution is 2.12. The Morgan fingerprint density at radius 2 is 1.39 bits per heavy atom. The fourth-order valence-corrected chi connectivity index (χ4v) is 4.15. The molecule has 3 N–H and O–H groups in total. The quantitative estimate of drug-likeness (QED) is 0.108.